The van der Waals surface area contributed by atoms with Crippen LogP contribution in [-0.4, -0.2) is 58.9 Å². The second kappa shape index (κ2) is 9.33. The Morgan fingerprint density at radius 3 is 2.76 bits per heavy atom. The second-order valence-electron chi connectivity index (χ2n) is 8.59. The van der Waals surface area contributed by atoms with E-state index in [9.17, 15) is 9.50 Å². The number of fused-ring (bicyclic) bond motifs is 1. The van der Waals surface area contributed by atoms with Gasteiger partial charge in [0.1, 0.15) is 29.5 Å². The third-order valence-corrected chi connectivity index (χ3v) is 6.58. The van der Waals surface area contributed by atoms with Gasteiger partial charge in [-0.3, -0.25) is 4.90 Å². The fourth-order valence-corrected chi connectivity index (χ4v) is 4.86. The first-order valence-electron chi connectivity index (χ1n) is 11.3. The Kier molecular flexibility index (Phi) is 6.11. The monoisotopic (exact) mass is 449 g/mol. The Balaban J connectivity index is 1.26. The summed E-state index contributed by atoms with van der Waals surface area (Å²) in [6, 6.07) is 14.8. The highest BCUT2D eigenvalue weighted by Crippen LogP contribution is 2.30. The van der Waals surface area contributed by atoms with Crippen molar-refractivity contribution in [1.82, 2.24) is 14.9 Å². The highest BCUT2D eigenvalue weighted by Gasteiger charge is 2.34. The van der Waals surface area contributed by atoms with Crippen molar-refractivity contribution in [3.63, 3.8) is 0 Å². The van der Waals surface area contributed by atoms with E-state index in [0.29, 0.717) is 23.8 Å². The number of aliphatic hydroxyl groups is 1. The van der Waals surface area contributed by atoms with Gasteiger partial charge in [-0.25, -0.2) is 14.4 Å². The van der Waals surface area contributed by atoms with Gasteiger partial charge in [-0.1, -0.05) is 24.3 Å². The molecule has 2 aliphatic rings. The van der Waals surface area contributed by atoms with Gasteiger partial charge in [0.05, 0.1) is 18.9 Å². The molecule has 3 aromatic rings. The normalized spacial score (nSPS) is 20.9. The molecule has 2 N–H and O–H groups in total. The number of halogens is 1. The lowest BCUT2D eigenvalue weighted by atomic mass is 9.94. The molecule has 2 atom stereocenters. The Morgan fingerprint density at radius 1 is 1.09 bits per heavy atom. The zero-order chi connectivity index (χ0) is 22.8. The quantitative estimate of drug-likeness (QED) is 0.619. The fourth-order valence-electron chi connectivity index (χ4n) is 4.86. The summed E-state index contributed by atoms with van der Waals surface area (Å²) >= 11 is 0. The van der Waals surface area contributed by atoms with Crippen molar-refractivity contribution in [1.29, 1.82) is 0 Å². The first-order valence-corrected chi connectivity index (χ1v) is 11.3. The van der Waals surface area contributed by atoms with Crippen LogP contribution in [-0.2, 0) is 13.0 Å². The van der Waals surface area contributed by atoms with Gasteiger partial charge in [0, 0.05) is 44.4 Å². The van der Waals surface area contributed by atoms with Crippen LogP contribution in [0.25, 0.3) is 0 Å². The van der Waals surface area contributed by atoms with Crippen LogP contribution in [0, 0.1) is 5.82 Å². The van der Waals surface area contributed by atoms with E-state index in [1.165, 1.54) is 36.7 Å². The van der Waals surface area contributed by atoms with Crippen molar-refractivity contribution in [2.24, 2.45) is 0 Å². The molecule has 5 rings (SSSR count). The lowest BCUT2D eigenvalue weighted by molar-refractivity contribution is 0.0293. The van der Waals surface area contributed by atoms with Crippen LogP contribution >= 0.6 is 0 Å². The van der Waals surface area contributed by atoms with Crippen molar-refractivity contribution < 1.29 is 14.2 Å². The maximum atomic E-state index is 13.7. The Labute approximate surface area is 192 Å². The number of nitrogens with one attached hydrogen (secondary N) is 1. The van der Waals surface area contributed by atoms with Gasteiger partial charge in [-0.05, 0) is 36.1 Å². The predicted octanol–water partition coefficient (Wildman–Crippen LogP) is 3.37. The molecule has 0 amide bonds. The van der Waals surface area contributed by atoms with E-state index in [0.717, 1.165) is 38.3 Å². The summed E-state index contributed by atoms with van der Waals surface area (Å²) in [7, 11) is 1.54. The minimum absolute atomic E-state index is 0.130. The summed E-state index contributed by atoms with van der Waals surface area (Å²) in [6.45, 7) is 3.15. The van der Waals surface area contributed by atoms with E-state index in [1.807, 2.05) is 6.07 Å². The highest BCUT2D eigenvalue weighted by molar-refractivity contribution is 5.65. The van der Waals surface area contributed by atoms with Crippen molar-refractivity contribution >= 4 is 17.3 Å². The molecule has 0 aliphatic carbocycles. The summed E-state index contributed by atoms with van der Waals surface area (Å²) in [5, 5.41) is 14.1. The first-order chi connectivity index (χ1) is 16.1. The molecule has 2 aromatic carbocycles. The lowest BCUT2D eigenvalue weighted by Crippen LogP contribution is -2.55. The molecule has 1 aromatic heterocycles. The van der Waals surface area contributed by atoms with Crippen molar-refractivity contribution in [3.8, 4) is 5.75 Å². The van der Waals surface area contributed by atoms with Gasteiger partial charge in [0.2, 0.25) is 0 Å². The van der Waals surface area contributed by atoms with E-state index in [1.54, 1.807) is 6.07 Å². The van der Waals surface area contributed by atoms with E-state index in [2.05, 4.69) is 49.4 Å². The molecule has 0 bridgehead atoms. The van der Waals surface area contributed by atoms with E-state index in [-0.39, 0.29) is 11.9 Å². The third-order valence-electron chi connectivity index (χ3n) is 6.58. The average Bonchev–Trinajstić information content (AvgIpc) is 2.84. The van der Waals surface area contributed by atoms with Crippen LogP contribution in [0.1, 0.15) is 17.5 Å². The highest BCUT2D eigenvalue weighted by atomic mass is 19.1. The summed E-state index contributed by atoms with van der Waals surface area (Å²) < 4.78 is 19.0. The molecule has 3 heterocycles. The molecule has 1 unspecified atom stereocenters. The number of hydrogen-bond acceptors (Lipinski definition) is 7. The number of methoxy groups -OCH3 is 1. The second-order valence-corrected chi connectivity index (χ2v) is 8.59. The number of aliphatic hydroxyl groups excluding tert-OH is 1. The molecule has 0 radical (unpaired) electrons. The van der Waals surface area contributed by atoms with Crippen LogP contribution in [0.15, 0.2) is 54.9 Å². The number of β-amino-alcohol motifs (C(OH)–C–C–N with tert-alkyl or cyclic N) is 1. The Hall–Kier alpha value is -3.23. The minimum atomic E-state index is -0.473. The molecular formula is C25H28FN5O2. The van der Waals surface area contributed by atoms with E-state index >= 15 is 0 Å². The molecule has 7 nitrogen and oxygen atoms in total. The molecular weight excluding hydrogens is 421 g/mol. The standard InChI is InChI=1S/C25H28FN5O2/c1-33-23-7-6-19(26)12-20(23)29-24-13-25(28-16-27-24)31-11-9-21(22(32)15-31)30-10-8-17-4-2-3-5-18(17)14-30/h2-7,12-13,16,21-22,32H,8-11,14-15H2,1H3,(H,27,28,29)/t21?,22-/m1/s1. The molecule has 2 aliphatic heterocycles. The predicted molar refractivity (Wildman–Crippen MR) is 125 cm³/mol. The maximum absolute atomic E-state index is 13.7. The largest absolute Gasteiger partial charge is 0.495 e. The summed E-state index contributed by atoms with van der Waals surface area (Å²) in [6.07, 6.45) is 2.88. The summed E-state index contributed by atoms with van der Waals surface area (Å²) in [5.74, 6) is 1.42. The summed E-state index contributed by atoms with van der Waals surface area (Å²) in [4.78, 5) is 13.2. The Bertz CT molecular complexity index is 1130. The lowest BCUT2D eigenvalue weighted by Gasteiger charge is -2.43. The number of aromatic nitrogens is 2. The number of benzene rings is 2. The average molecular weight is 450 g/mol. The van der Waals surface area contributed by atoms with Gasteiger partial charge in [-0.15, -0.1) is 0 Å². The molecule has 1 fully saturated rings. The minimum Gasteiger partial charge on any atom is -0.495 e. The van der Waals surface area contributed by atoms with Gasteiger partial charge < -0.3 is 20.1 Å². The number of anilines is 3. The van der Waals surface area contributed by atoms with Gasteiger partial charge in [0.15, 0.2) is 0 Å². The van der Waals surface area contributed by atoms with E-state index in [4.69, 9.17) is 4.74 Å². The molecule has 172 valence electrons. The van der Waals surface area contributed by atoms with Crippen LogP contribution < -0.4 is 15.0 Å². The number of rotatable bonds is 5. The first kappa shape index (κ1) is 21.6. The maximum Gasteiger partial charge on any atom is 0.142 e. The number of piperidine rings is 1. The van der Waals surface area contributed by atoms with Gasteiger partial charge in [-0.2, -0.15) is 0 Å². The zero-order valence-corrected chi connectivity index (χ0v) is 18.6. The fraction of sp³-hybridized carbons (Fsp3) is 0.360. The molecule has 1 saturated heterocycles. The number of hydrogen-bond donors (Lipinski definition) is 2. The SMILES string of the molecule is COc1ccc(F)cc1Nc1cc(N2CCC(N3CCc4ccccc4C3)[C@H](O)C2)ncn1. The molecule has 0 saturated carbocycles. The van der Waals surface area contributed by atoms with Crippen LogP contribution in [0.3, 0.4) is 0 Å². The third kappa shape index (κ3) is 4.62. The topological polar surface area (TPSA) is 73.8 Å². The number of nitrogens with zero attached hydrogens (tertiary/aromatic N) is 4. The molecule has 0 spiro atoms. The van der Waals surface area contributed by atoms with Crippen LogP contribution in [0.5, 0.6) is 5.75 Å². The molecule has 33 heavy (non-hydrogen) atoms. The van der Waals surface area contributed by atoms with Crippen LogP contribution in [0.2, 0.25) is 0 Å². The Morgan fingerprint density at radius 2 is 1.94 bits per heavy atom. The van der Waals surface area contributed by atoms with Crippen molar-refractivity contribution in [2.75, 3.05) is 37.0 Å². The summed E-state index contributed by atoms with van der Waals surface area (Å²) in [5.41, 5.74) is 3.26. The smallest absolute Gasteiger partial charge is 0.142 e. The van der Waals surface area contributed by atoms with Gasteiger partial charge >= 0.3 is 0 Å². The van der Waals surface area contributed by atoms with Crippen molar-refractivity contribution in [2.45, 2.75) is 31.5 Å². The van der Waals surface area contributed by atoms with Gasteiger partial charge in [0.25, 0.3) is 0 Å². The zero-order valence-electron chi connectivity index (χ0n) is 18.6. The van der Waals surface area contributed by atoms with E-state index < -0.39 is 6.10 Å². The van der Waals surface area contributed by atoms with Crippen LogP contribution in [0.4, 0.5) is 21.7 Å². The number of ether oxygens (including phenoxy) is 1. The van der Waals surface area contributed by atoms with Crippen molar-refractivity contribution in [3.05, 3.63) is 71.8 Å². The molecule has 8 heteroatoms.